The predicted molar refractivity (Wildman–Crippen MR) is 65.1 cm³/mol. The maximum absolute atomic E-state index is 12.3. The fraction of sp³-hybridized carbons (Fsp3) is 0.364. The Morgan fingerprint density at radius 1 is 1.53 bits per heavy atom. The normalized spacial score (nSPS) is 20.1. The van der Waals surface area contributed by atoms with E-state index in [9.17, 15) is 13.2 Å². The van der Waals surface area contributed by atoms with Crippen molar-refractivity contribution >= 4 is 15.9 Å². The Morgan fingerprint density at radius 3 is 2.79 bits per heavy atom. The SMILES string of the molecule is N#Cc1ccc(S(=O)(=O)N2CCCC2C(N)=O)cn1. The number of pyridine rings is 1. The number of carbonyl (C=O) groups excluding carboxylic acids is 1. The molecule has 0 spiro atoms. The van der Waals surface area contributed by atoms with Gasteiger partial charge in [-0.25, -0.2) is 13.4 Å². The molecular weight excluding hydrogens is 268 g/mol. The molecule has 1 aromatic rings. The van der Waals surface area contributed by atoms with Gasteiger partial charge in [0.25, 0.3) is 0 Å². The number of primary amides is 1. The van der Waals surface area contributed by atoms with Crippen molar-refractivity contribution in [3.05, 3.63) is 24.0 Å². The highest BCUT2D eigenvalue weighted by molar-refractivity contribution is 7.89. The van der Waals surface area contributed by atoms with E-state index in [-0.39, 0.29) is 17.1 Å². The van der Waals surface area contributed by atoms with Gasteiger partial charge >= 0.3 is 0 Å². The van der Waals surface area contributed by atoms with Crippen LogP contribution in [0.25, 0.3) is 0 Å². The first-order valence-corrected chi connectivity index (χ1v) is 7.08. The predicted octanol–water partition coefficient (Wildman–Crippen LogP) is -0.408. The Kier molecular flexibility index (Phi) is 3.50. The summed E-state index contributed by atoms with van der Waals surface area (Å²) < 4.78 is 25.8. The van der Waals surface area contributed by atoms with Gasteiger partial charge in [0.1, 0.15) is 22.7 Å². The number of hydrogen-bond acceptors (Lipinski definition) is 5. The minimum absolute atomic E-state index is 0.0420. The minimum Gasteiger partial charge on any atom is -0.368 e. The first-order valence-electron chi connectivity index (χ1n) is 5.64. The molecule has 1 amide bonds. The highest BCUT2D eigenvalue weighted by Crippen LogP contribution is 2.25. The third kappa shape index (κ3) is 2.43. The number of nitrogens with zero attached hydrogens (tertiary/aromatic N) is 3. The number of sulfonamides is 1. The minimum atomic E-state index is -3.80. The quantitative estimate of drug-likeness (QED) is 0.807. The van der Waals surface area contributed by atoms with Crippen LogP contribution in [-0.4, -0.2) is 36.2 Å². The number of aromatic nitrogens is 1. The van der Waals surface area contributed by atoms with Crippen molar-refractivity contribution in [1.82, 2.24) is 9.29 Å². The summed E-state index contributed by atoms with van der Waals surface area (Å²) >= 11 is 0. The Bertz CT molecular complexity index is 633. The van der Waals surface area contributed by atoms with E-state index in [2.05, 4.69) is 4.98 Å². The van der Waals surface area contributed by atoms with Crippen molar-refractivity contribution in [2.75, 3.05) is 6.54 Å². The molecule has 2 rings (SSSR count). The lowest BCUT2D eigenvalue weighted by Gasteiger charge is -2.21. The molecule has 0 aliphatic carbocycles. The van der Waals surface area contributed by atoms with Crippen LogP contribution in [0.3, 0.4) is 0 Å². The first-order chi connectivity index (χ1) is 8.96. The molecule has 1 unspecified atom stereocenters. The monoisotopic (exact) mass is 280 g/mol. The molecule has 19 heavy (non-hydrogen) atoms. The summed E-state index contributed by atoms with van der Waals surface area (Å²) in [6, 6.07) is 3.63. The second kappa shape index (κ2) is 4.95. The molecule has 1 fully saturated rings. The van der Waals surface area contributed by atoms with Gasteiger partial charge in [0.05, 0.1) is 0 Å². The van der Waals surface area contributed by atoms with Gasteiger partial charge in [-0.2, -0.15) is 9.57 Å². The van der Waals surface area contributed by atoms with Crippen LogP contribution in [0.15, 0.2) is 23.2 Å². The fourth-order valence-electron chi connectivity index (χ4n) is 2.05. The molecule has 1 aliphatic rings. The fourth-order valence-corrected chi connectivity index (χ4v) is 3.66. The zero-order valence-corrected chi connectivity index (χ0v) is 10.8. The van der Waals surface area contributed by atoms with Crippen molar-refractivity contribution in [3.63, 3.8) is 0 Å². The van der Waals surface area contributed by atoms with Crippen molar-refractivity contribution in [1.29, 1.82) is 5.26 Å². The second-order valence-corrected chi connectivity index (χ2v) is 6.06. The Hall–Kier alpha value is -1.98. The maximum atomic E-state index is 12.3. The molecule has 0 bridgehead atoms. The van der Waals surface area contributed by atoms with E-state index in [1.807, 2.05) is 6.07 Å². The summed E-state index contributed by atoms with van der Waals surface area (Å²) in [6.07, 6.45) is 2.14. The number of hydrogen-bond donors (Lipinski definition) is 1. The molecule has 8 heteroatoms. The van der Waals surface area contributed by atoms with Crippen LogP contribution in [0.4, 0.5) is 0 Å². The number of nitrogens with two attached hydrogens (primary N) is 1. The zero-order valence-electron chi connectivity index (χ0n) is 9.98. The average molecular weight is 280 g/mol. The topological polar surface area (TPSA) is 117 Å². The molecule has 2 N–H and O–H groups in total. The van der Waals surface area contributed by atoms with Crippen molar-refractivity contribution < 1.29 is 13.2 Å². The lowest BCUT2D eigenvalue weighted by Crippen LogP contribution is -2.43. The van der Waals surface area contributed by atoms with Gasteiger partial charge in [0.15, 0.2) is 0 Å². The average Bonchev–Trinajstić information content (AvgIpc) is 2.89. The Balaban J connectivity index is 2.36. The summed E-state index contributed by atoms with van der Waals surface area (Å²) in [6.45, 7) is 0.260. The summed E-state index contributed by atoms with van der Waals surface area (Å²) in [4.78, 5) is 14.9. The highest BCUT2D eigenvalue weighted by atomic mass is 32.2. The molecular formula is C11H12N4O3S. The van der Waals surface area contributed by atoms with Crippen molar-refractivity contribution in [2.24, 2.45) is 5.73 Å². The third-order valence-corrected chi connectivity index (χ3v) is 4.88. The van der Waals surface area contributed by atoms with Gasteiger partial charge < -0.3 is 5.73 Å². The molecule has 2 heterocycles. The van der Waals surface area contributed by atoms with Gasteiger partial charge in [-0.05, 0) is 25.0 Å². The van der Waals surface area contributed by atoms with Gasteiger partial charge in [0.2, 0.25) is 15.9 Å². The lowest BCUT2D eigenvalue weighted by molar-refractivity contribution is -0.121. The Labute approximate surface area is 110 Å². The van der Waals surface area contributed by atoms with Gasteiger partial charge in [0, 0.05) is 12.7 Å². The zero-order chi connectivity index (χ0) is 14.0. The van der Waals surface area contributed by atoms with Crippen LogP contribution in [0.1, 0.15) is 18.5 Å². The third-order valence-electron chi connectivity index (χ3n) is 2.99. The van der Waals surface area contributed by atoms with E-state index in [0.29, 0.717) is 12.8 Å². The van der Waals surface area contributed by atoms with Gasteiger partial charge in [-0.15, -0.1) is 0 Å². The van der Waals surface area contributed by atoms with E-state index in [1.165, 1.54) is 12.1 Å². The molecule has 0 saturated carbocycles. The molecule has 1 aliphatic heterocycles. The number of nitriles is 1. The van der Waals surface area contributed by atoms with Gasteiger partial charge in [-0.1, -0.05) is 0 Å². The van der Waals surface area contributed by atoms with Crippen molar-refractivity contribution in [3.8, 4) is 6.07 Å². The van der Waals surface area contributed by atoms with Crippen molar-refractivity contribution in [2.45, 2.75) is 23.8 Å². The number of amides is 1. The number of rotatable bonds is 3. The molecule has 0 aromatic carbocycles. The summed E-state index contributed by atoms with van der Waals surface area (Å²) in [7, 11) is -3.80. The van der Waals surface area contributed by atoms with E-state index in [1.54, 1.807) is 0 Å². The van der Waals surface area contributed by atoms with Crippen LogP contribution in [0.2, 0.25) is 0 Å². The molecule has 1 saturated heterocycles. The van der Waals surface area contributed by atoms with Crippen LogP contribution in [0.5, 0.6) is 0 Å². The highest BCUT2D eigenvalue weighted by Gasteiger charge is 2.38. The first kappa shape index (κ1) is 13.5. The van der Waals surface area contributed by atoms with Crippen LogP contribution in [-0.2, 0) is 14.8 Å². The van der Waals surface area contributed by atoms with Crippen LogP contribution < -0.4 is 5.73 Å². The van der Waals surface area contributed by atoms with Gasteiger partial charge in [-0.3, -0.25) is 4.79 Å². The van der Waals surface area contributed by atoms with E-state index in [4.69, 9.17) is 11.0 Å². The lowest BCUT2D eigenvalue weighted by atomic mass is 10.2. The van der Waals surface area contributed by atoms with E-state index < -0.39 is 22.0 Å². The van der Waals surface area contributed by atoms with E-state index in [0.717, 1.165) is 10.5 Å². The summed E-state index contributed by atoms with van der Waals surface area (Å²) in [5.74, 6) is -0.650. The molecule has 1 aromatic heterocycles. The van der Waals surface area contributed by atoms with Crippen LogP contribution in [0, 0.1) is 11.3 Å². The Morgan fingerprint density at radius 2 is 2.26 bits per heavy atom. The second-order valence-electron chi connectivity index (χ2n) is 4.17. The smallest absolute Gasteiger partial charge is 0.245 e. The van der Waals surface area contributed by atoms with E-state index >= 15 is 0 Å². The standard InChI is InChI=1S/C11H12N4O3S/c12-6-8-3-4-9(7-14-8)19(17,18)15-5-1-2-10(15)11(13)16/h3-4,7,10H,1-2,5H2,(H2,13,16). The van der Waals surface area contributed by atoms with Crippen LogP contribution >= 0.6 is 0 Å². The molecule has 1 atom stereocenters. The summed E-state index contributed by atoms with van der Waals surface area (Å²) in [5.41, 5.74) is 5.34. The largest absolute Gasteiger partial charge is 0.368 e. The molecule has 100 valence electrons. The maximum Gasteiger partial charge on any atom is 0.245 e. The molecule has 0 radical (unpaired) electrons. The number of carbonyl (C=O) groups is 1. The summed E-state index contributed by atoms with van der Waals surface area (Å²) in [5, 5.41) is 8.62. The molecule has 7 nitrogen and oxygen atoms in total.